The van der Waals surface area contributed by atoms with Gasteiger partial charge >= 0.3 is 0 Å². The van der Waals surface area contributed by atoms with Gasteiger partial charge in [-0.25, -0.2) is 4.52 Å². The molecule has 0 spiro atoms. The van der Waals surface area contributed by atoms with Crippen molar-refractivity contribution < 1.29 is 4.79 Å². The van der Waals surface area contributed by atoms with E-state index in [2.05, 4.69) is 39.6 Å². The molecule has 2 aromatic heterocycles. The molecule has 0 aliphatic rings. The van der Waals surface area contributed by atoms with Crippen LogP contribution in [0.2, 0.25) is 0 Å². The van der Waals surface area contributed by atoms with Crippen LogP contribution in [0.5, 0.6) is 0 Å². The first-order valence-corrected chi connectivity index (χ1v) is 9.15. The number of aromatic nitrogens is 2. The Hall–Kier alpha value is -3.60. The Bertz CT molecular complexity index is 1140. The quantitative estimate of drug-likeness (QED) is 0.570. The summed E-state index contributed by atoms with van der Waals surface area (Å²) in [6, 6.07) is 20.0. The maximum absolute atomic E-state index is 12.7. The van der Waals surface area contributed by atoms with Crippen molar-refractivity contribution in [3.05, 3.63) is 84.2 Å². The van der Waals surface area contributed by atoms with Crippen molar-refractivity contribution >= 4 is 22.8 Å². The minimum absolute atomic E-state index is 0.160. The second-order valence-corrected chi connectivity index (χ2v) is 7.02. The molecule has 1 N–H and O–H groups in total. The van der Waals surface area contributed by atoms with Crippen LogP contribution in [-0.4, -0.2) is 29.6 Å². The molecule has 0 saturated heterocycles. The highest BCUT2D eigenvalue weighted by Crippen LogP contribution is 2.24. The van der Waals surface area contributed by atoms with Crippen LogP contribution in [0.3, 0.4) is 0 Å². The maximum Gasteiger partial charge on any atom is 0.259 e. The van der Waals surface area contributed by atoms with E-state index in [-0.39, 0.29) is 5.91 Å². The van der Waals surface area contributed by atoms with E-state index in [1.54, 1.807) is 10.7 Å². The van der Waals surface area contributed by atoms with Crippen molar-refractivity contribution in [1.29, 1.82) is 0 Å². The van der Waals surface area contributed by atoms with Crippen molar-refractivity contribution in [3.8, 4) is 11.1 Å². The molecule has 0 aliphatic carbocycles. The molecule has 4 rings (SSSR count). The van der Waals surface area contributed by atoms with Gasteiger partial charge in [0.15, 0.2) is 0 Å². The van der Waals surface area contributed by atoms with E-state index in [1.807, 2.05) is 63.6 Å². The van der Waals surface area contributed by atoms with Crippen LogP contribution in [0.1, 0.15) is 15.9 Å². The molecule has 0 saturated carbocycles. The largest absolute Gasteiger partial charge is 0.378 e. The van der Waals surface area contributed by atoms with Crippen LogP contribution >= 0.6 is 0 Å². The highest BCUT2D eigenvalue weighted by molar-refractivity contribution is 6.09. The second-order valence-electron chi connectivity index (χ2n) is 7.02. The van der Waals surface area contributed by atoms with Gasteiger partial charge in [0.1, 0.15) is 0 Å². The highest BCUT2D eigenvalue weighted by atomic mass is 16.1. The number of pyridine rings is 1. The van der Waals surface area contributed by atoms with Gasteiger partial charge in [0.2, 0.25) is 0 Å². The molecule has 4 aromatic rings. The number of fused-ring (bicyclic) bond motifs is 1. The number of benzene rings is 2. The number of nitrogens with one attached hydrogen (secondary N) is 1. The van der Waals surface area contributed by atoms with Gasteiger partial charge in [-0.2, -0.15) is 5.10 Å². The summed E-state index contributed by atoms with van der Waals surface area (Å²) in [5.41, 5.74) is 6.47. The molecule has 2 heterocycles. The number of rotatable bonds is 4. The van der Waals surface area contributed by atoms with Gasteiger partial charge in [-0.15, -0.1) is 0 Å². The molecular weight excluding hydrogens is 348 g/mol. The van der Waals surface area contributed by atoms with Gasteiger partial charge in [-0.3, -0.25) is 4.79 Å². The lowest BCUT2D eigenvalue weighted by Crippen LogP contribution is -2.12. The van der Waals surface area contributed by atoms with Crippen LogP contribution in [0.4, 0.5) is 11.4 Å². The zero-order chi connectivity index (χ0) is 19.7. The second kappa shape index (κ2) is 7.19. The summed E-state index contributed by atoms with van der Waals surface area (Å²) in [5.74, 6) is -0.160. The molecule has 0 bridgehead atoms. The van der Waals surface area contributed by atoms with Gasteiger partial charge in [0.05, 0.1) is 17.3 Å². The number of carbonyl (C=O) groups excluding carboxylic acids is 1. The van der Waals surface area contributed by atoms with E-state index in [0.717, 1.165) is 33.6 Å². The fraction of sp³-hybridized carbons (Fsp3) is 0.130. The molecule has 5 nitrogen and oxygen atoms in total. The van der Waals surface area contributed by atoms with Crippen LogP contribution in [0.15, 0.2) is 73.1 Å². The van der Waals surface area contributed by atoms with Crippen LogP contribution in [-0.2, 0) is 0 Å². The summed E-state index contributed by atoms with van der Waals surface area (Å²) in [6.07, 6.45) is 3.56. The average molecular weight is 370 g/mol. The van der Waals surface area contributed by atoms with Crippen molar-refractivity contribution in [2.75, 3.05) is 24.3 Å². The lowest BCUT2D eigenvalue weighted by molar-refractivity contribution is 0.102. The monoisotopic (exact) mass is 370 g/mol. The molecule has 0 atom stereocenters. The molecule has 1 amide bonds. The van der Waals surface area contributed by atoms with Crippen LogP contribution in [0, 0.1) is 6.92 Å². The predicted octanol–water partition coefficient (Wildman–Crippen LogP) is 4.63. The SMILES string of the molecule is Cc1ccccc1NC(=O)c1cnn2cc(-c3ccc(N(C)C)cc3)ccc12. The number of carbonyl (C=O) groups is 1. The molecule has 5 heteroatoms. The molecule has 140 valence electrons. The van der Waals surface area contributed by atoms with Gasteiger partial charge in [0, 0.05) is 37.2 Å². The third kappa shape index (κ3) is 3.34. The Morgan fingerprint density at radius 3 is 2.39 bits per heavy atom. The fourth-order valence-electron chi connectivity index (χ4n) is 3.18. The summed E-state index contributed by atoms with van der Waals surface area (Å²) in [4.78, 5) is 14.8. The third-order valence-electron chi connectivity index (χ3n) is 4.87. The smallest absolute Gasteiger partial charge is 0.259 e. The summed E-state index contributed by atoms with van der Waals surface area (Å²) in [6.45, 7) is 1.97. The number of hydrogen-bond acceptors (Lipinski definition) is 3. The van der Waals surface area contributed by atoms with Crippen molar-refractivity contribution in [2.45, 2.75) is 6.92 Å². The van der Waals surface area contributed by atoms with E-state index >= 15 is 0 Å². The Morgan fingerprint density at radius 1 is 0.964 bits per heavy atom. The molecule has 0 aliphatic heterocycles. The van der Waals surface area contributed by atoms with Crippen molar-refractivity contribution in [3.63, 3.8) is 0 Å². The van der Waals surface area contributed by atoms with Crippen molar-refractivity contribution in [1.82, 2.24) is 9.61 Å². The minimum Gasteiger partial charge on any atom is -0.378 e. The number of amides is 1. The lowest BCUT2D eigenvalue weighted by atomic mass is 10.1. The summed E-state index contributed by atoms with van der Waals surface area (Å²) < 4.78 is 1.75. The van der Waals surface area contributed by atoms with Gasteiger partial charge in [-0.05, 0) is 42.3 Å². The Balaban J connectivity index is 1.62. The summed E-state index contributed by atoms with van der Waals surface area (Å²) >= 11 is 0. The number of hydrogen-bond donors (Lipinski definition) is 1. The van der Waals surface area contributed by atoms with Crippen LogP contribution in [0.25, 0.3) is 16.6 Å². The minimum atomic E-state index is -0.160. The van der Waals surface area contributed by atoms with E-state index in [9.17, 15) is 4.79 Å². The van der Waals surface area contributed by atoms with Gasteiger partial charge in [-0.1, -0.05) is 36.4 Å². The van der Waals surface area contributed by atoms with E-state index in [0.29, 0.717) is 5.56 Å². The number of para-hydroxylation sites is 1. The molecule has 2 aromatic carbocycles. The van der Waals surface area contributed by atoms with E-state index in [1.165, 1.54) is 0 Å². The first kappa shape index (κ1) is 17.8. The molecule has 0 fully saturated rings. The summed E-state index contributed by atoms with van der Waals surface area (Å²) in [7, 11) is 4.04. The third-order valence-corrected chi connectivity index (χ3v) is 4.87. The van der Waals surface area contributed by atoms with Crippen LogP contribution < -0.4 is 10.2 Å². The highest BCUT2D eigenvalue weighted by Gasteiger charge is 2.14. The first-order chi connectivity index (χ1) is 13.5. The number of nitrogens with zero attached hydrogens (tertiary/aromatic N) is 3. The molecule has 0 unspecified atom stereocenters. The van der Waals surface area contributed by atoms with Crippen molar-refractivity contribution in [2.24, 2.45) is 0 Å². The zero-order valence-electron chi connectivity index (χ0n) is 16.2. The standard InChI is InChI=1S/C23H22N4O/c1-16-6-4-5-7-21(16)25-23(28)20-14-24-27-15-18(10-13-22(20)27)17-8-11-19(12-9-17)26(2)3/h4-15H,1-3H3,(H,25,28). The Kier molecular flexibility index (Phi) is 4.57. The fourth-order valence-corrected chi connectivity index (χ4v) is 3.18. The number of aryl methyl sites for hydroxylation is 1. The zero-order valence-corrected chi connectivity index (χ0v) is 16.2. The Labute approximate surface area is 164 Å². The number of anilines is 2. The molecule has 0 radical (unpaired) electrons. The predicted molar refractivity (Wildman–Crippen MR) is 114 cm³/mol. The topological polar surface area (TPSA) is 49.6 Å². The molecular formula is C23H22N4O. The molecule has 28 heavy (non-hydrogen) atoms. The average Bonchev–Trinajstić information content (AvgIpc) is 3.13. The lowest BCUT2D eigenvalue weighted by Gasteiger charge is -2.12. The maximum atomic E-state index is 12.7. The van der Waals surface area contributed by atoms with Gasteiger partial charge < -0.3 is 10.2 Å². The first-order valence-electron chi connectivity index (χ1n) is 9.15. The summed E-state index contributed by atoms with van der Waals surface area (Å²) in [5, 5.41) is 7.35. The van der Waals surface area contributed by atoms with Gasteiger partial charge in [0.25, 0.3) is 5.91 Å². The Morgan fingerprint density at radius 2 is 1.68 bits per heavy atom. The van der Waals surface area contributed by atoms with E-state index in [4.69, 9.17) is 0 Å². The van der Waals surface area contributed by atoms with E-state index < -0.39 is 0 Å². The normalized spacial score (nSPS) is 10.8.